The van der Waals surface area contributed by atoms with Crippen LogP contribution in [0.2, 0.25) is 0 Å². The van der Waals surface area contributed by atoms with Gasteiger partial charge in [-0.15, -0.1) is 12.4 Å². The standard InChI is InChI=1S/C19H24BrNO3.ClH/c1-4-24-17-8-6-16(20)12-15(17)13-21-10-9-14-5-7-18(22-2)19(11-14)23-3;/h5-8,11-12,21H,4,9-10,13H2,1-3H3;1H. The van der Waals surface area contributed by atoms with Crippen molar-refractivity contribution in [3.05, 3.63) is 52.0 Å². The van der Waals surface area contributed by atoms with Gasteiger partial charge in [0.15, 0.2) is 11.5 Å². The van der Waals surface area contributed by atoms with Gasteiger partial charge in [0, 0.05) is 16.6 Å². The van der Waals surface area contributed by atoms with Gasteiger partial charge in [-0.1, -0.05) is 22.0 Å². The lowest BCUT2D eigenvalue weighted by Gasteiger charge is -2.12. The number of methoxy groups -OCH3 is 2. The fourth-order valence-electron chi connectivity index (χ4n) is 2.47. The van der Waals surface area contributed by atoms with Gasteiger partial charge in [0.25, 0.3) is 0 Å². The van der Waals surface area contributed by atoms with E-state index >= 15 is 0 Å². The molecule has 0 aliphatic rings. The summed E-state index contributed by atoms with van der Waals surface area (Å²) in [6, 6.07) is 12.1. The molecule has 4 nitrogen and oxygen atoms in total. The summed E-state index contributed by atoms with van der Waals surface area (Å²) in [6.07, 6.45) is 0.915. The van der Waals surface area contributed by atoms with Gasteiger partial charge in [-0.25, -0.2) is 0 Å². The third-order valence-electron chi connectivity index (χ3n) is 3.68. The van der Waals surface area contributed by atoms with E-state index in [0.29, 0.717) is 6.61 Å². The first-order valence-electron chi connectivity index (χ1n) is 8.00. The van der Waals surface area contributed by atoms with E-state index in [-0.39, 0.29) is 12.4 Å². The molecule has 0 saturated carbocycles. The normalized spacial score (nSPS) is 10.1. The quantitative estimate of drug-likeness (QED) is 0.589. The first-order valence-corrected chi connectivity index (χ1v) is 8.80. The zero-order valence-electron chi connectivity index (χ0n) is 14.8. The van der Waals surface area contributed by atoms with E-state index < -0.39 is 0 Å². The SMILES string of the molecule is CCOc1ccc(Br)cc1CNCCc1ccc(OC)c(OC)c1.Cl. The van der Waals surface area contributed by atoms with Gasteiger partial charge in [0.1, 0.15) is 5.75 Å². The van der Waals surface area contributed by atoms with Crippen LogP contribution in [0.1, 0.15) is 18.1 Å². The van der Waals surface area contributed by atoms with Crippen LogP contribution in [0, 0.1) is 0 Å². The van der Waals surface area contributed by atoms with E-state index in [9.17, 15) is 0 Å². The molecule has 0 saturated heterocycles. The monoisotopic (exact) mass is 429 g/mol. The average molecular weight is 431 g/mol. The number of nitrogens with one attached hydrogen (secondary N) is 1. The lowest BCUT2D eigenvalue weighted by Crippen LogP contribution is -2.17. The van der Waals surface area contributed by atoms with Crippen LogP contribution in [0.4, 0.5) is 0 Å². The van der Waals surface area contributed by atoms with Crippen LogP contribution < -0.4 is 19.5 Å². The molecular weight excluding hydrogens is 406 g/mol. The molecule has 1 N–H and O–H groups in total. The van der Waals surface area contributed by atoms with E-state index in [4.69, 9.17) is 14.2 Å². The van der Waals surface area contributed by atoms with Gasteiger partial charge in [0.05, 0.1) is 20.8 Å². The van der Waals surface area contributed by atoms with Crippen molar-refractivity contribution in [1.29, 1.82) is 0 Å². The third-order valence-corrected chi connectivity index (χ3v) is 4.17. The molecule has 0 heterocycles. The smallest absolute Gasteiger partial charge is 0.160 e. The summed E-state index contributed by atoms with van der Waals surface area (Å²) in [5.41, 5.74) is 2.36. The second-order valence-corrected chi connectivity index (χ2v) is 6.22. The minimum absolute atomic E-state index is 0. The summed E-state index contributed by atoms with van der Waals surface area (Å²) >= 11 is 3.51. The third kappa shape index (κ3) is 6.42. The highest BCUT2D eigenvalue weighted by atomic mass is 79.9. The zero-order valence-corrected chi connectivity index (χ0v) is 17.2. The maximum Gasteiger partial charge on any atom is 0.160 e. The highest BCUT2D eigenvalue weighted by Gasteiger charge is 2.06. The summed E-state index contributed by atoms with van der Waals surface area (Å²) in [7, 11) is 3.30. The van der Waals surface area contributed by atoms with Crippen LogP contribution >= 0.6 is 28.3 Å². The highest BCUT2D eigenvalue weighted by Crippen LogP contribution is 2.27. The van der Waals surface area contributed by atoms with Gasteiger partial charge < -0.3 is 19.5 Å². The van der Waals surface area contributed by atoms with E-state index in [0.717, 1.165) is 46.8 Å². The maximum atomic E-state index is 5.67. The average Bonchev–Trinajstić information content (AvgIpc) is 2.60. The molecule has 25 heavy (non-hydrogen) atoms. The van der Waals surface area contributed by atoms with Crippen molar-refractivity contribution in [2.75, 3.05) is 27.4 Å². The molecule has 0 atom stereocenters. The Morgan fingerprint density at radius 2 is 1.68 bits per heavy atom. The van der Waals surface area contributed by atoms with Crippen LogP contribution in [0.3, 0.4) is 0 Å². The molecule has 0 aliphatic carbocycles. The van der Waals surface area contributed by atoms with Crippen molar-refractivity contribution in [2.24, 2.45) is 0 Å². The number of hydrogen-bond donors (Lipinski definition) is 1. The van der Waals surface area contributed by atoms with E-state index in [1.54, 1.807) is 14.2 Å². The van der Waals surface area contributed by atoms with Gasteiger partial charge in [-0.2, -0.15) is 0 Å². The van der Waals surface area contributed by atoms with Crippen LogP contribution in [-0.2, 0) is 13.0 Å². The fraction of sp³-hybridized carbons (Fsp3) is 0.368. The summed E-state index contributed by atoms with van der Waals surface area (Å²) in [6.45, 7) is 4.30. The number of halogens is 2. The Balaban J connectivity index is 0.00000312. The Labute approximate surface area is 164 Å². The Bertz CT molecular complexity index is 667. The van der Waals surface area contributed by atoms with Crippen molar-refractivity contribution >= 4 is 28.3 Å². The lowest BCUT2D eigenvalue weighted by atomic mass is 10.1. The Morgan fingerprint density at radius 1 is 0.960 bits per heavy atom. The predicted octanol–water partition coefficient (Wildman–Crippen LogP) is 4.62. The van der Waals surface area contributed by atoms with Crippen molar-refractivity contribution in [3.63, 3.8) is 0 Å². The molecule has 0 amide bonds. The Hall–Kier alpha value is -1.43. The zero-order chi connectivity index (χ0) is 17.4. The molecular formula is C19H25BrClNO3. The first kappa shape index (κ1) is 21.6. The topological polar surface area (TPSA) is 39.7 Å². The molecule has 0 aliphatic heterocycles. The molecule has 2 aromatic carbocycles. The Kier molecular flexibility index (Phi) is 9.71. The van der Waals surface area contributed by atoms with Crippen LogP contribution in [0.15, 0.2) is 40.9 Å². The van der Waals surface area contributed by atoms with Gasteiger partial charge in [-0.3, -0.25) is 0 Å². The summed E-state index contributed by atoms with van der Waals surface area (Å²) in [5, 5.41) is 3.47. The molecule has 0 spiro atoms. The molecule has 138 valence electrons. The van der Waals surface area contributed by atoms with Crippen molar-refractivity contribution in [3.8, 4) is 17.2 Å². The summed E-state index contributed by atoms with van der Waals surface area (Å²) in [4.78, 5) is 0. The highest BCUT2D eigenvalue weighted by molar-refractivity contribution is 9.10. The fourth-order valence-corrected chi connectivity index (χ4v) is 2.88. The minimum atomic E-state index is 0. The minimum Gasteiger partial charge on any atom is -0.494 e. The molecule has 0 radical (unpaired) electrons. The van der Waals surface area contributed by atoms with E-state index in [2.05, 4.69) is 33.4 Å². The summed E-state index contributed by atoms with van der Waals surface area (Å²) < 4.78 is 17.3. The van der Waals surface area contributed by atoms with Crippen molar-refractivity contribution in [2.45, 2.75) is 19.9 Å². The second kappa shape index (κ2) is 11.2. The van der Waals surface area contributed by atoms with Crippen molar-refractivity contribution in [1.82, 2.24) is 5.32 Å². The molecule has 0 fully saturated rings. The number of benzene rings is 2. The second-order valence-electron chi connectivity index (χ2n) is 5.30. The predicted molar refractivity (Wildman–Crippen MR) is 108 cm³/mol. The lowest BCUT2D eigenvalue weighted by molar-refractivity contribution is 0.335. The molecule has 0 bridgehead atoms. The van der Waals surface area contributed by atoms with Gasteiger partial charge in [0.2, 0.25) is 0 Å². The largest absolute Gasteiger partial charge is 0.494 e. The van der Waals surface area contributed by atoms with Crippen LogP contribution in [-0.4, -0.2) is 27.4 Å². The van der Waals surface area contributed by atoms with Gasteiger partial charge >= 0.3 is 0 Å². The number of rotatable bonds is 9. The van der Waals surface area contributed by atoms with Gasteiger partial charge in [-0.05, 0) is 55.8 Å². The molecule has 6 heteroatoms. The van der Waals surface area contributed by atoms with E-state index in [1.807, 2.05) is 31.2 Å². The Morgan fingerprint density at radius 3 is 2.36 bits per heavy atom. The number of hydrogen-bond acceptors (Lipinski definition) is 4. The molecule has 2 aromatic rings. The van der Waals surface area contributed by atoms with E-state index in [1.165, 1.54) is 5.56 Å². The first-order chi connectivity index (χ1) is 11.7. The molecule has 0 aromatic heterocycles. The number of ether oxygens (including phenoxy) is 3. The molecule has 0 unspecified atom stereocenters. The van der Waals surface area contributed by atoms with Crippen LogP contribution in [0.25, 0.3) is 0 Å². The van der Waals surface area contributed by atoms with Crippen molar-refractivity contribution < 1.29 is 14.2 Å². The maximum absolute atomic E-state index is 5.67. The van der Waals surface area contributed by atoms with Crippen LogP contribution in [0.5, 0.6) is 17.2 Å². The summed E-state index contributed by atoms with van der Waals surface area (Å²) in [5.74, 6) is 2.45. The molecule has 2 rings (SSSR count).